The van der Waals surface area contributed by atoms with E-state index in [4.69, 9.17) is 0 Å². The zero-order chi connectivity index (χ0) is 48.9. The lowest BCUT2D eigenvalue weighted by molar-refractivity contribution is 0.794. The van der Waals surface area contributed by atoms with E-state index in [-0.39, 0.29) is 0 Å². The van der Waals surface area contributed by atoms with Crippen molar-refractivity contribution in [2.75, 3.05) is 9.80 Å². The quantitative estimate of drug-likeness (QED) is 0.160. The van der Waals surface area contributed by atoms with Crippen LogP contribution in [-0.4, -0.2) is 4.57 Å². The van der Waals surface area contributed by atoms with Crippen LogP contribution in [0.2, 0.25) is 0 Å². The molecule has 1 aromatic heterocycles. The Bertz CT molecular complexity index is 4440. The highest BCUT2D eigenvalue weighted by molar-refractivity contribution is 6.14. The van der Waals surface area contributed by atoms with Crippen LogP contribution in [0, 0.1) is 11.3 Å². The van der Waals surface area contributed by atoms with Gasteiger partial charge in [0.05, 0.1) is 33.8 Å². The molecular formula is C70H44N4. The van der Waals surface area contributed by atoms with Crippen molar-refractivity contribution in [3.63, 3.8) is 0 Å². The highest BCUT2D eigenvalue weighted by Gasteiger charge is 2.54. The van der Waals surface area contributed by atoms with Gasteiger partial charge in [-0.25, -0.2) is 0 Å². The van der Waals surface area contributed by atoms with E-state index in [0.29, 0.717) is 5.56 Å². The number of rotatable bonds is 7. The molecule has 0 amide bonds. The Morgan fingerprint density at radius 3 is 1.55 bits per heavy atom. The minimum absolute atomic E-state index is 0.614. The maximum absolute atomic E-state index is 10.0. The first-order chi connectivity index (χ1) is 36.7. The van der Waals surface area contributed by atoms with Crippen LogP contribution in [0.25, 0.3) is 71.3 Å². The molecule has 12 aromatic carbocycles. The summed E-state index contributed by atoms with van der Waals surface area (Å²) < 4.78 is 2.41. The summed E-state index contributed by atoms with van der Waals surface area (Å²) in [4.78, 5) is 4.87. The molecule has 1 unspecified atom stereocenters. The van der Waals surface area contributed by atoms with Crippen molar-refractivity contribution < 1.29 is 0 Å². The maximum atomic E-state index is 10.0. The first-order valence-electron chi connectivity index (χ1n) is 25.3. The molecule has 0 radical (unpaired) electrons. The predicted octanol–water partition coefficient (Wildman–Crippen LogP) is 18.2. The van der Waals surface area contributed by atoms with E-state index in [2.05, 4.69) is 275 Å². The summed E-state index contributed by atoms with van der Waals surface area (Å²) in [7, 11) is 0. The zero-order valence-corrected chi connectivity index (χ0v) is 40.2. The molecule has 1 spiro atoms. The second-order valence-electron chi connectivity index (χ2n) is 19.5. The van der Waals surface area contributed by atoms with E-state index in [1.165, 1.54) is 76.8 Å². The number of anilines is 6. The van der Waals surface area contributed by atoms with Crippen LogP contribution >= 0.6 is 0 Å². The molecule has 4 nitrogen and oxygen atoms in total. The van der Waals surface area contributed by atoms with Gasteiger partial charge in [-0.3, -0.25) is 0 Å². The molecule has 2 aliphatic carbocycles. The van der Waals surface area contributed by atoms with Crippen LogP contribution < -0.4 is 9.80 Å². The molecule has 1 atom stereocenters. The maximum Gasteiger partial charge on any atom is 0.0991 e. The van der Waals surface area contributed by atoms with Crippen LogP contribution in [0.15, 0.2) is 267 Å². The lowest BCUT2D eigenvalue weighted by atomic mass is 9.69. The third-order valence-electron chi connectivity index (χ3n) is 15.7. The molecule has 74 heavy (non-hydrogen) atoms. The summed E-state index contributed by atoms with van der Waals surface area (Å²) in [6.45, 7) is 0. The van der Waals surface area contributed by atoms with Gasteiger partial charge in [0.25, 0.3) is 0 Å². The van der Waals surface area contributed by atoms with Gasteiger partial charge in [0.1, 0.15) is 0 Å². The van der Waals surface area contributed by atoms with Crippen LogP contribution in [0.1, 0.15) is 27.8 Å². The molecular weight excluding hydrogens is 897 g/mol. The van der Waals surface area contributed by atoms with Crippen LogP contribution in [0.4, 0.5) is 34.1 Å². The molecule has 1 heterocycles. The van der Waals surface area contributed by atoms with Gasteiger partial charge in [0.2, 0.25) is 0 Å². The smallest absolute Gasteiger partial charge is 0.0991 e. The number of nitriles is 1. The van der Waals surface area contributed by atoms with E-state index in [1.807, 2.05) is 12.1 Å². The van der Waals surface area contributed by atoms with E-state index in [9.17, 15) is 5.26 Å². The van der Waals surface area contributed by atoms with E-state index in [0.717, 1.165) is 50.8 Å². The summed E-state index contributed by atoms with van der Waals surface area (Å²) in [6, 6.07) is 99.8. The number of nitrogens with zero attached hydrogens (tertiary/aromatic N) is 4. The third-order valence-corrected chi connectivity index (χ3v) is 15.7. The van der Waals surface area contributed by atoms with E-state index < -0.39 is 5.41 Å². The molecule has 15 rings (SSSR count). The standard InChI is InChI=1S/C70H44N4/c71-45-46-32-36-52(37-33-46)72(49-20-4-1-5-21-49)54-42-60-68-56-27-13-11-19-48(56)35-41-63(68)70(61-30-16-14-29-59(61)67-55-26-12-10-18-47(55)34-40-62(67)70)69(60)66(44-54)73(50-22-6-2-7-23-50)53-38-39-58-57-28-15-17-31-64(57)74(65(58)43-53)51-24-8-3-9-25-51/h1-44H. The van der Waals surface area contributed by atoms with Crippen molar-refractivity contribution in [1.29, 1.82) is 5.26 Å². The first-order valence-corrected chi connectivity index (χ1v) is 25.3. The van der Waals surface area contributed by atoms with Gasteiger partial charge < -0.3 is 14.4 Å². The molecule has 0 saturated heterocycles. The van der Waals surface area contributed by atoms with Crippen molar-refractivity contribution in [2.24, 2.45) is 0 Å². The summed E-state index contributed by atoms with van der Waals surface area (Å²) >= 11 is 0. The van der Waals surface area contributed by atoms with Crippen LogP contribution in [0.5, 0.6) is 0 Å². The average Bonchev–Trinajstić information content (AvgIpc) is 4.09. The minimum atomic E-state index is -0.736. The molecule has 0 saturated carbocycles. The fourth-order valence-electron chi connectivity index (χ4n) is 12.8. The Morgan fingerprint density at radius 2 is 0.878 bits per heavy atom. The average molecular weight is 941 g/mol. The van der Waals surface area contributed by atoms with Crippen LogP contribution in [-0.2, 0) is 5.41 Å². The molecule has 2 aliphatic rings. The zero-order valence-electron chi connectivity index (χ0n) is 40.2. The topological polar surface area (TPSA) is 35.2 Å². The lowest BCUT2D eigenvalue weighted by Gasteiger charge is -2.37. The van der Waals surface area contributed by atoms with Gasteiger partial charge >= 0.3 is 0 Å². The Kier molecular flexibility index (Phi) is 9.20. The Hall–Kier alpha value is -9.95. The van der Waals surface area contributed by atoms with Crippen LogP contribution in [0.3, 0.4) is 0 Å². The first kappa shape index (κ1) is 41.8. The summed E-state index contributed by atoms with van der Waals surface area (Å²) in [6.07, 6.45) is 0. The monoisotopic (exact) mass is 940 g/mol. The summed E-state index contributed by atoms with van der Waals surface area (Å²) in [5.74, 6) is 0. The molecule has 4 heteroatoms. The normalized spacial score (nSPS) is 14.0. The lowest BCUT2D eigenvalue weighted by Crippen LogP contribution is -2.28. The molecule has 0 bridgehead atoms. The summed E-state index contributed by atoms with van der Waals surface area (Å²) in [5, 5.41) is 17.3. The second kappa shape index (κ2) is 16.3. The summed E-state index contributed by atoms with van der Waals surface area (Å²) in [5.41, 5.74) is 19.4. The van der Waals surface area contributed by atoms with Gasteiger partial charge in [0.15, 0.2) is 0 Å². The Balaban J connectivity index is 1.13. The van der Waals surface area contributed by atoms with Gasteiger partial charge in [-0.1, -0.05) is 176 Å². The van der Waals surface area contributed by atoms with Crippen molar-refractivity contribution in [2.45, 2.75) is 5.41 Å². The van der Waals surface area contributed by atoms with Gasteiger partial charge in [-0.15, -0.1) is 0 Å². The highest BCUT2D eigenvalue weighted by atomic mass is 15.2. The van der Waals surface area contributed by atoms with Gasteiger partial charge in [-0.2, -0.15) is 5.26 Å². The third kappa shape index (κ3) is 5.96. The molecule has 344 valence electrons. The number of hydrogen-bond acceptors (Lipinski definition) is 3. The minimum Gasteiger partial charge on any atom is -0.310 e. The van der Waals surface area contributed by atoms with Crippen molar-refractivity contribution in [1.82, 2.24) is 4.57 Å². The SMILES string of the molecule is N#Cc1ccc(N(c2ccccc2)c2cc3c(c(N(c4ccccc4)c4ccc5c6ccccc6n(-c6ccccc6)c5c4)c2)C2(c4ccccc4-c4c2ccc2ccccc42)c2ccc4ccccc4c2-3)cc1. The molecule has 0 fully saturated rings. The molecule has 13 aromatic rings. The van der Waals surface area contributed by atoms with Gasteiger partial charge in [-0.05, 0) is 151 Å². The van der Waals surface area contributed by atoms with E-state index in [1.54, 1.807) is 0 Å². The Labute approximate surface area is 429 Å². The Morgan fingerprint density at radius 1 is 0.351 bits per heavy atom. The van der Waals surface area contributed by atoms with Crippen molar-refractivity contribution in [3.8, 4) is 34.0 Å². The molecule has 0 N–H and O–H groups in total. The number of hydrogen-bond donors (Lipinski definition) is 0. The number of fused-ring (bicyclic) bond motifs is 17. The second-order valence-corrected chi connectivity index (χ2v) is 19.5. The molecule has 0 aliphatic heterocycles. The van der Waals surface area contributed by atoms with E-state index >= 15 is 0 Å². The predicted molar refractivity (Wildman–Crippen MR) is 306 cm³/mol. The fraction of sp³-hybridized carbons (Fsp3) is 0.0143. The fourth-order valence-corrected chi connectivity index (χ4v) is 12.8. The van der Waals surface area contributed by atoms with Gasteiger partial charge in [0, 0.05) is 50.5 Å². The number of para-hydroxylation sites is 4. The highest BCUT2D eigenvalue weighted by Crippen LogP contribution is 2.68. The largest absolute Gasteiger partial charge is 0.310 e. The number of benzene rings is 12. The van der Waals surface area contributed by atoms with Crippen molar-refractivity contribution in [3.05, 3.63) is 295 Å². The number of aromatic nitrogens is 1. The van der Waals surface area contributed by atoms with Crippen molar-refractivity contribution >= 4 is 77.5 Å².